The molecule has 0 aromatic heterocycles. The minimum Gasteiger partial charge on any atom is -0.496 e. The summed E-state index contributed by atoms with van der Waals surface area (Å²) in [6, 6.07) is 4.59. The summed E-state index contributed by atoms with van der Waals surface area (Å²) in [4.78, 5) is 24.7. The summed E-state index contributed by atoms with van der Waals surface area (Å²) in [6.07, 6.45) is 2.31. The van der Waals surface area contributed by atoms with Gasteiger partial charge in [0.15, 0.2) is 0 Å². The van der Waals surface area contributed by atoms with Crippen LogP contribution in [0.15, 0.2) is 18.2 Å². The third-order valence-corrected chi connectivity index (χ3v) is 3.61. The van der Waals surface area contributed by atoms with Crippen LogP contribution in [0.3, 0.4) is 0 Å². The van der Waals surface area contributed by atoms with E-state index < -0.39 is 12.0 Å². The molecule has 0 bridgehead atoms. The summed E-state index contributed by atoms with van der Waals surface area (Å²) in [6.45, 7) is 2.56. The van der Waals surface area contributed by atoms with Crippen LogP contribution in [0.25, 0.3) is 0 Å². The SMILES string of the molecule is CCCc1cc(C(=O)N2CC[C@@H]2C(=O)O)ccc1OC. The Bertz CT molecular complexity index is 527. The second-order valence-electron chi connectivity index (χ2n) is 4.92. The highest BCUT2D eigenvalue weighted by Crippen LogP contribution is 2.25. The predicted molar refractivity (Wildman–Crippen MR) is 74.1 cm³/mol. The van der Waals surface area contributed by atoms with Crippen molar-refractivity contribution in [1.29, 1.82) is 0 Å². The number of aryl methyl sites for hydroxylation is 1. The van der Waals surface area contributed by atoms with E-state index in [2.05, 4.69) is 6.92 Å². The first kappa shape index (κ1) is 14.4. The summed E-state index contributed by atoms with van der Waals surface area (Å²) in [5.41, 5.74) is 1.51. The maximum absolute atomic E-state index is 12.3. The van der Waals surface area contributed by atoms with Crippen LogP contribution < -0.4 is 4.74 Å². The van der Waals surface area contributed by atoms with E-state index in [1.54, 1.807) is 19.2 Å². The molecule has 0 saturated carbocycles. The van der Waals surface area contributed by atoms with E-state index in [4.69, 9.17) is 9.84 Å². The molecule has 1 atom stereocenters. The van der Waals surface area contributed by atoms with E-state index in [0.717, 1.165) is 24.2 Å². The summed E-state index contributed by atoms with van der Waals surface area (Å²) in [5.74, 6) is -0.391. The molecule has 5 heteroatoms. The Kier molecular flexibility index (Phi) is 4.27. The Morgan fingerprint density at radius 2 is 2.20 bits per heavy atom. The number of carbonyl (C=O) groups excluding carboxylic acids is 1. The lowest BCUT2D eigenvalue weighted by Crippen LogP contribution is -2.55. The zero-order valence-corrected chi connectivity index (χ0v) is 11.8. The van der Waals surface area contributed by atoms with Gasteiger partial charge in [-0.15, -0.1) is 0 Å². The maximum atomic E-state index is 12.3. The van der Waals surface area contributed by atoms with Crippen LogP contribution in [0.4, 0.5) is 0 Å². The average molecular weight is 277 g/mol. The van der Waals surface area contributed by atoms with Gasteiger partial charge in [-0.25, -0.2) is 4.79 Å². The molecule has 0 unspecified atom stereocenters. The molecule has 1 fully saturated rings. The van der Waals surface area contributed by atoms with Crippen LogP contribution in [-0.2, 0) is 11.2 Å². The van der Waals surface area contributed by atoms with E-state index in [9.17, 15) is 9.59 Å². The molecule has 0 spiro atoms. The molecule has 108 valence electrons. The van der Waals surface area contributed by atoms with Crippen molar-refractivity contribution in [3.63, 3.8) is 0 Å². The number of nitrogens with zero attached hydrogens (tertiary/aromatic N) is 1. The molecule has 1 heterocycles. The van der Waals surface area contributed by atoms with Crippen molar-refractivity contribution in [2.45, 2.75) is 32.2 Å². The Labute approximate surface area is 118 Å². The molecule has 1 saturated heterocycles. The zero-order chi connectivity index (χ0) is 14.7. The number of methoxy groups -OCH3 is 1. The smallest absolute Gasteiger partial charge is 0.326 e. The fourth-order valence-corrected chi connectivity index (χ4v) is 2.43. The Morgan fingerprint density at radius 3 is 2.70 bits per heavy atom. The fraction of sp³-hybridized carbons (Fsp3) is 0.467. The number of amides is 1. The fourth-order valence-electron chi connectivity index (χ4n) is 2.43. The van der Waals surface area contributed by atoms with Gasteiger partial charge in [0.1, 0.15) is 11.8 Å². The standard InChI is InChI=1S/C15H19NO4/c1-3-4-10-9-11(5-6-13(10)20-2)14(17)16-8-7-12(16)15(18)19/h5-6,9,12H,3-4,7-8H2,1-2H3,(H,18,19)/t12-/m1/s1. The van der Waals surface area contributed by atoms with E-state index in [1.165, 1.54) is 4.90 Å². The van der Waals surface area contributed by atoms with Gasteiger partial charge in [0.25, 0.3) is 5.91 Å². The first-order valence-electron chi connectivity index (χ1n) is 6.79. The summed E-state index contributed by atoms with van der Waals surface area (Å²) in [5, 5.41) is 9.01. The van der Waals surface area contributed by atoms with Crippen molar-refractivity contribution in [2.24, 2.45) is 0 Å². The quantitative estimate of drug-likeness (QED) is 0.893. The van der Waals surface area contributed by atoms with Crippen molar-refractivity contribution in [3.8, 4) is 5.75 Å². The van der Waals surface area contributed by atoms with Gasteiger partial charge < -0.3 is 14.7 Å². The van der Waals surface area contributed by atoms with Gasteiger partial charge in [0, 0.05) is 12.1 Å². The third kappa shape index (κ3) is 2.61. The van der Waals surface area contributed by atoms with Crippen LogP contribution in [0.5, 0.6) is 5.75 Å². The number of rotatable bonds is 5. The van der Waals surface area contributed by atoms with Gasteiger partial charge in [-0.2, -0.15) is 0 Å². The predicted octanol–water partition coefficient (Wildman–Crippen LogP) is 1.95. The first-order valence-corrected chi connectivity index (χ1v) is 6.79. The number of benzene rings is 1. The topological polar surface area (TPSA) is 66.8 Å². The van der Waals surface area contributed by atoms with Crippen LogP contribution in [0.1, 0.15) is 35.7 Å². The van der Waals surface area contributed by atoms with E-state index >= 15 is 0 Å². The molecule has 0 aliphatic carbocycles. The molecule has 1 aromatic rings. The van der Waals surface area contributed by atoms with Gasteiger partial charge in [0.05, 0.1) is 7.11 Å². The van der Waals surface area contributed by atoms with Crippen molar-refractivity contribution >= 4 is 11.9 Å². The molecule has 5 nitrogen and oxygen atoms in total. The molecule has 2 rings (SSSR count). The van der Waals surface area contributed by atoms with E-state index in [1.807, 2.05) is 6.07 Å². The van der Waals surface area contributed by atoms with Gasteiger partial charge in [-0.05, 0) is 36.6 Å². The number of carboxylic acids is 1. The van der Waals surface area contributed by atoms with Crippen molar-refractivity contribution in [3.05, 3.63) is 29.3 Å². The van der Waals surface area contributed by atoms with Gasteiger partial charge in [-0.3, -0.25) is 4.79 Å². The maximum Gasteiger partial charge on any atom is 0.326 e. The molecule has 1 amide bonds. The normalized spacial score (nSPS) is 17.5. The number of carboxylic acid groups (broad SMARTS) is 1. The lowest BCUT2D eigenvalue weighted by atomic mass is 9.99. The molecule has 1 N–H and O–H groups in total. The highest BCUT2D eigenvalue weighted by atomic mass is 16.5. The van der Waals surface area contributed by atoms with Crippen LogP contribution in [0.2, 0.25) is 0 Å². The van der Waals surface area contributed by atoms with Gasteiger partial charge in [0.2, 0.25) is 0 Å². The molecular formula is C15H19NO4. The first-order chi connectivity index (χ1) is 9.58. The molecule has 20 heavy (non-hydrogen) atoms. The Morgan fingerprint density at radius 1 is 1.45 bits per heavy atom. The van der Waals surface area contributed by atoms with Crippen LogP contribution in [-0.4, -0.2) is 41.6 Å². The second-order valence-corrected chi connectivity index (χ2v) is 4.92. The van der Waals surface area contributed by atoms with Crippen molar-refractivity contribution < 1.29 is 19.4 Å². The molecule has 1 aromatic carbocycles. The highest BCUT2D eigenvalue weighted by Gasteiger charge is 2.37. The van der Waals surface area contributed by atoms with Gasteiger partial charge in [-0.1, -0.05) is 13.3 Å². The van der Waals surface area contributed by atoms with Gasteiger partial charge >= 0.3 is 5.97 Å². The van der Waals surface area contributed by atoms with Crippen molar-refractivity contribution in [2.75, 3.05) is 13.7 Å². The average Bonchev–Trinajstić information content (AvgIpc) is 2.37. The summed E-state index contributed by atoms with van der Waals surface area (Å²) < 4.78 is 5.27. The molecule has 1 aliphatic rings. The van der Waals surface area contributed by atoms with Crippen molar-refractivity contribution in [1.82, 2.24) is 4.90 Å². The minimum absolute atomic E-state index is 0.219. The minimum atomic E-state index is -0.938. The number of hydrogen-bond donors (Lipinski definition) is 1. The molecule has 0 radical (unpaired) electrons. The largest absolute Gasteiger partial charge is 0.496 e. The highest BCUT2D eigenvalue weighted by molar-refractivity contribution is 5.97. The Balaban J connectivity index is 2.22. The molecule has 1 aliphatic heterocycles. The molecular weight excluding hydrogens is 258 g/mol. The van der Waals surface area contributed by atoms with Crippen LogP contribution in [0, 0.1) is 0 Å². The lowest BCUT2D eigenvalue weighted by molar-refractivity contribution is -0.146. The van der Waals surface area contributed by atoms with Crippen LogP contribution >= 0.6 is 0 Å². The number of aliphatic carboxylic acids is 1. The summed E-state index contributed by atoms with van der Waals surface area (Å²) >= 11 is 0. The number of carbonyl (C=O) groups is 2. The lowest BCUT2D eigenvalue weighted by Gasteiger charge is -2.38. The zero-order valence-electron chi connectivity index (χ0n) is 11.8. The van der Waals surface area contributed by atoms with E-state index in [0.29, 0.717) is 18.5 Å². The number of hydrogen-bond acceptors (Lipinski definition) is 3. The Hall–Kier alpha value is -2.04. The summed E-state index contributed by atoms with van der Waals surface area (Å²) in [7, 11) is 1.60. The number of ether oxygens (including phenoxy) is 1. The third-order valence-electron chi connectivity index (χ3n) is 3.61. The number of likely N-dealkylation sites (tertiary alicyclic amines) is 1. The second kappa shape index (κ2) is 5.94. The monoisotopic (exact) mass is 277 g/mol. The van der Waals surface area contributed by atoms with E-state index in [-0.39, 0.29) is 5.91 Å².